The van der Waals surface area contributed by atoms with Gasteiger partial charge in [-0.05, 0) is 81.6 Å². The summed E-state index contributed by atoms with van der Waals surface area (Å²) < 4.78 is 66.2. The number of rotatable bonds is 20. The summed E-state index contributed by atoms with van der Waals surface area (Å²) in [4.78, 5) is 79.9. The van der Waals surface area contributed by atoms with Gasteiger partial charge in [-0.25, -0.2) is 23.3 Å². The lowest BCUT2D eigenvalue weighted by Gasteiger charge is -2.25. The lowest BCUT2D eigenvalue weighted by atomic mass is 9.88. The van der Waals surface area contributed by atoms with Crippen molar-refractivity contribution in [3.8, 4) is 22.5 Å². The van der Waals surface area contributed by atoms with E-state index in [4.69, 9.17) is 39.3 Å². The van der Waals surface area contributed by atoms with Crippen LogP contribution in [0.15, 0.2) is 63.9 Å². The fourth-order valence-electron chi connectivity index (χ4n) is 6.99. The number of carbonyl (C=O) groups excluding carboxylic acids is 1. The van der Waals surface area contributed by atoms with Crippen molar-refractivity contribution in [2.24, 2.45) is 0 Å². The minimum absolute atomic E-state index is 0.0352. The Morgan fingerprint density at radius 2 is 1.75 bits per heavy atom. The number of aryl methyl sites for hydroxylation is 2. The second kappa shape index (κ2) is 20.7. The van der Waals surface area contributed by atoms with Crippen LogP contribution in [-0.2, 0) is 36.3 Å². The van der Waals surface area contributed by atoms with Crippen molar-refractivity contribution < 1.29 is 75.0 Å². The average molecular weight is 1030 g/mol. The molecule has 28 heteroatoms. The molecule has 0 bridgehead atoms. The van der Waals surface area contributed by atoms with Crippen LogP contribution in [0.3, 0.4) is 0 Å². The fraction of sp³-hybridized carbons (Fsp3) is 0.359. The van der Waals surface area contributed by atoms with Crippen LogP contribution in [-0.4, -0.2) is 88.7 Å². The quantitative estimate of drug-likeness (QED) is 0.0139. The van der Waals surface area contributed by atoms with Crippen LogP contribution in [0.1, 0.15) is 65.3 Å². The Labute approximate surface area is 389 Å². The van der Waals surface area contributed by atoms with Crippen molar-refractivity contribution >= 4 is 79.4 Å². The van der Waals surface area contributed by atoms with Gasteiger partial charge in [-0.1, -0.05) is 27.7 Å². The van der Waals surface area contributed by atoms with Gasteiger partial charge in [-0.15, -0.1) is 0 Å². The largest absolute Gasteiger partial charge is 0.490 e. The number of aromatic nitrogens is 2. The van der Waals surface area contributed by atoms with E-state index >= 15 is 0 Å². The summed E-state index contributed by atoms with van der Waals surface area (Å²) in [5.41, 5.74) is 9.19. The van der Waals surface area contributed by atoms with E-state index in [0.717, 1.165) is 15.8 Å². The Hall–Kier alpha value is -4.42. The van der Waals surface area contributed by atoms with Crippen LogP contribution in [0.2, 0.25) is 0 Å². The van der Waals surface area contributed by atoms with E-state index in [2.05, 4.69) is 24.2 Å². The number of fused-ring (bicyclic) bond motifs is 2. The number of carboxylic acid groups (broad SMARTS) is 1. The maximum Gasteiger partial charge on any atom is 0.490 e. The standard InChI is InChI=1S/C39H47N6O17P3S2/c1-6-42-28-15-30-26(12-21(28)3)35(25-11-20(2)27(40)14-29(25)59-30)23-8-7-22(13-24(23)37(47)48)36(46)43-18-39(4,5)67-66-19-57-31-16-34(45-10-9-33(41)44-38(45)49)60-32(31)17-58-64(53,54)62-65(55,56)61-63(50,51)52/h7-15,31-32,34,40,42H,6,16-19H2,1-5H3,(H,43,46)(H,47,48)(H,53,54)(H,55,56)(H2,41,44,49)(H2,50,51,52)/t31-,32-,34-/m1/s1. The average Bonchev–Trinajstić information content (AvgIpc) is 3.62. The molecule has 2 aliphatic heterocycles. The number of phosphoric ester groups is 1. The number of nitrogen functional groups attached to an aromatic ring is 1. The van der Waals surface area contributed by atoms with Gasteiger partial charge >= 0.3 is 35.1 Å². The highest BCUT2D eigenvalue weighted by Crippen LogP contribution is 2.66. The first-order valence-electron chi connectivity index (χ1n) is 19.9. The molecule has 2 aromatic carbocycles. The van der Waals surface area contributed by atoms with Crippen LogP contribution in [0.4, 0.5) is 11.5 Å². The highest BCUT2D eigenvalue weighted by Gasteiger charge is 2.44. The molecule has 3 heterocycles. The number of amides is 1. The van der Waals surface area contributed by atoms with Crippen molar-refractivity contribution in [2.45, 2.75) is 64.2 Å². The number of nitrogens with zero attached hydrogens (tertiary/aromatic N) is 2. The number of carbonyl (C=O) groups is 2. The Bertz CT molecular complexity index is 2950. The number of ether oxygens (including phenoxy) is 2. The lowest BCUT2D eigenvalue weighted by Crippen LogP contribution is -2.36. The number of aromatic carboxylic acids is 1. The third kappa shape index (κ3) is 13.2. The molecule has 23 nitrogen and oxygen atoms in total. The van der Waals surface area contributed by atoms with Crippen LogP contribution < -0.4 is 27.4 Å². The normalized spacial score (nSPS) is 18.4. The van der Waals surface area contributed by atoms with Gasteiger partial charge in [0.15, 0.2) is 0 Å². The Morgan fingerprint density at radius 3 is 2.42 bits per heavy atom. The number of anilines is 2. The first kappa shape index (κ1) is 52.0. The fourth-order valence-corrected chi connectivity index (χ4v) is 12.2. The van der Waals surface area contributed by atoms with E-state index in [1.54, 1.807) is 31.2 Å². The molecule has 1 aliphatic carbocycles. The molecular formula is C39H47N6O17P3S2. The van der Waals surface area contributed by atoms with E-state index in [9.17, 15) is 43.0 Å². The maximum atomic E-state index is 13.6. The summed E-state index contributed by atoms with van der Waals surface area (Å²) in [6.45, 7) is 9.26. The zero-order chi connectivity index (χ0) is 49.2. The van der Waals surface area contributed by atoms with Crippen molar-refractivity contribution in [3.05, 3.63) is 92.8 Å². The van der Waals surface area contributed by atoms with Crippen molar-refractivity contribution in [3.63, 3.8) is 0 Å². The Morgan fingerprint density at radius 1 is 1.01 bits per heavy atom. The van der Waals surface area contributed by atoms with E-state index in [1.807, 2.05) is 39.8 Å². The summed E-state index contributed by atoms with van der Waals surface area (Å²) in [5, 5.41) is 26.0. The smallest absolute Gasteiger partial charge is 0.478 e. The van der Waals surface area contributed by atoms with Gasteiger partial charge in [-0.2, -0.15) is 13.6 Å². The molecule has 6 rings (SSSR count). The van der Waals surface area contributed by atoms with E-state index in [0.29, 0.717) is 45.5 Å². The molecule has 67 heavy (non-hydrogen) atoms. The molecule has 1 fully saturated rings. The zero-order valence-electron chi connectivity index (χ0n) is 36.2. The monoisotopic (exact) mass is 1030 g/mol. The maximum absolute atomic E-state index is 13.6. The predicted octanol–water partition coefficient (Wildman–Crippen LogP) is 6.13. The molecule has 10 N–H and O–H groups in total. The first-order valence-corrected chi connectivity index (χ1v) is 26.8. The molecular weight excluding hydrogens is 982 g/mol. The molecule has 1 saturated heterocycles. The summed E-state index contributed by atoms with van der Waals surface area (Å²) in [5.74, 6) is -1.53. The second-order valence-electron chi connectivity index (χ2n) is 15.7. The number of hydrogen-bond donors (Lipinski definition) is 9. The van der Waals surface area contributed by atoms with Gasteiger partial charge in [0.25, 0.3) is 5.91 Å². The highest BCUT2D eigenvalue weighted by atomic mass is 33.1. The van der Waals surface area contributed by atoms with E-state index in [1.165, 1.54) is 39.9 Å². The van der Waals surface area contributed by atoms with Crippen molar-refractivity contribution in [1.82, 2.24) is 14.9 Å². The van der Waals surface area contributed by atoms with Crippen LogP contribution in [0.25, 0.3) is 33.4 Å². The van der Waals surface area contributed by atoms with Gasteiger partial charge in [0, 0.05) is 70.4 Å². The first-order chi connectivity index (χ1) is 31.2. The van der Waals surface area contributed by atoms with E-state index < -0.39 is 70.8 Å². The van der Waals surface area contributed by atoms with Gasteiger partial charge in [0.1, 0.15) is 35.4 Å². The van der Waals surface area contributed by atoms with Gasteiger partial charge < -0.3 is 60.3 Å². The minimum Gasteiger partial charge on any atom is -0.478 e. The third-order valence-corrected chi connectivity index (χ3v) is 16.8. The summed E-state index contributed by atoms with van der Waals surface area (Å²) in [7, 11) is -14.4. The molecule has 362 valence electrons. The van der Waals surface area contributed by atoms with E-state index in [-0.39, 0.29) is 41.2 Å². The highest BCUT2D eigenvalue weighted by molar-refractivity contribution is 8.77. The van der Waals surface area contributed by atoms with Crippen LogP contribution >= 0.6 is 45.1 Å². The molecule has 5 atom stereocenters. The molecule has 1 aromatic heterocycles. The number of nitrogens with two attached hydrogens (primary N) is 1. The topological polar surface area (TPSA) is 355 Å². The molecule has 0 spiro atoms. The molecule has 1 amide bonds. The number of benzene rings is 3. The summed E-state index contributed by atoms with van der Waals surface area (Å²) in [6, 6.07) is 12.9. The van der Waals surface area contributed by atoms with Gasteiger partial charge in [0.2, 0.25) is 0 Å². The molecule has 3 aliphatic rings. The SMILES string of the molecule is CCNc1cc2oc3cc(=N)c(C)cc-3c(-c3ccc(C(=O)NCC(C)(C)SSCO[C@@H]4C[C@H](n5ccc(N)nc5=O)O[C@@H]4COP(=O)(O)OP(=O)(O)OP(=O)(O)O)cc3C(=O)O)c2cc1C. The Balaban J connectivity index is 1.13. The summed E-state index contributed by atoms with van der Waals surface area (Å²) >= 11 is 0. The zero-order valence-corrected chi connectivity index (χ0v) is 40.5. The number of carboxylic acids is 1. The second-order valence-corrected chi connectivity index (χ2v) is 23.0. The predicted molar refractivity (Wildman–Crippen MR) is 247 cm³/mol. The van der Waals surface area contributed by atoms with Crippen molar-refractivity contribution in [1.29, 1.82) is 5.41 Å². The van der Waals surface area contributed by atoms with Crippen LogP contribution in [0, 0.1) is 19.3 Å². The molecule has 3 aromatic rings. The number of phosphoric acid groups is 3. The lowest BCUT2D eigenvalue weighted by molar-refractivity contribution is -0.0543. The van der Waals surface area contributed by atoms with Crippen molar-refractivity contribution in [2.75, 3.05) is 36.7 Å². The molecule has 0 saturated carbocycles. The molecule has 2 unspecified atom stereocenters. The third-order valence-electron chi connectivity index (χ3n) is 10.0. The Kier molecular flexibility index (Phi) is 16.0. The number of nitrogens with one attached hydrogen (secondary N) is 3. The number of hydrogen-bond acceptors (Lipinski definition) is 18. The molecule has 0 radical (unpaired) electrons. The van der Waals surface area contributed by atoms with Gasteiger partial charge in [-0.3, -0.25) is 13.9 Å². The van der Waals surface area contributed by atoms with Crippen LogP contribution in [0.5, 0.6) is 0 Å². The minimum atomic E-state index is -5.80. The van der Waals surface area contributed by atoms with Gasteiger partial charge in [0.05, 0.1) is 23.6 Å². The summed E-state index contributed by atoms with van der Waals surface area (Å²) in [6.07, 6.45) is -1.97.